The van der Waals surface area contributed by atoms with Crippen molar-refractivity contribution in [3.63, 3.8) is 0 Å². The fourth-order valence-electron chi connectivity index (χ4n) is 2.55. The molecule has 0 N–H and O–H groups in total. The van der Waals surface area contributed by atoms with E-state index in [4.69, 9.17) is 9.15 Å². The predicted molar refractivity (Wildman–Crippen MR) is 103 cm³/mol. The van der Waals surface area contributed by atoms with Crippen LogP contribution in [0.4, 0.5) is 0 Å². The standard InChI is InChI=1S/C22H32O3/c1-17(2)12-13-22(25-20(5)23)19(4)10-6-8-18(3)9-7-11-21-14-15-24-16-21/h9-10,12,14-16,22H,6-8,11,13H2,1-5H3/b18-9+,19-10+/t22-/m0/s1. The lowest BCUT2D eigenvalue weighted by Crippen LogP contribution is -2.17. The van der Waals surface area contributed by atoms with E-state index in [2.05, 4.69) is 39.0 Å². The molecule has 25 heavy (non-hydrogen) atoms. The largest absolute Gasteiger partial charge is 0.472 e. The third-order valence-electron chi connectivity index (χ3n) is 4.07. The fraction of sp³-hybridized carbons (Fsp3) is 0.500. The van der Waals surface area contributed by atoms with E-state index in [-0.39, 0.29) is 12.1 Å². The van der Waals surface area contributed by atoms with Gasteiger partial charge in [-0.3, -0.25) is 4.79 Å². The number of furan rings is 1. The number of ether oxygens (including phenoxy) is 1. The van der Waals surface area contributed by atoms with Gasteiger partial charge in [0.2, 0.25) is 0 Å². The van der Waals surface area contributed by atoms with Gasteiger partial charge in [0, 0.05) is 13.3 Å². The van der Waals surface area contributed by atoms with E-state index in [0.717, 1.165) is 37.7 Å². The zero-order valence-electron chi connectivity index (χ0n) is 16.3. The molecule has 0 aliphatic rings. The third-order valence-corrected chi connectivity index (χ3v) is 4.07. The molecule has 1 aromatic heterocycles. The van der Waals surface area contributed by atoms with E-state index < -0.39 is 0 Å². The van der Waals surface area contributed by atoms with Gasteiger partial charge in [-0.25, -0.2) is 0 Å². The Morgan fingerprint density at radius 3 is 2.48 bits per heavy atom. The van der Waals surface area contributed by atoms with Crippen LogP contribution in [-0.2, 0) is 16.0 Å². The van der Waals surface area contributed by atoms with Crippen LogP contribution in [0.25, 0.3) is 0 Å². The van der Waals surface area contributed by atoms with Crippen LogP contribution in [0.3, 0.4) is 0 Å². The van der Waals surface area contributed by atoms with Crippen molar-refractivity contribution in [1.82, 2.24) is 0 Å². The summed E-state index contributed by atoms with van der Waals surface area (Å²) in [5.41, 5.74) is 4.99. The zero-order valence-corrected chi connectivity index (χ0v) is 16.3. The van der Waals surface area contributed by atoms with Crippen molar-refractivity contribution in [3.8, 4) is 0 Å². The summed E-state index contributed by atoms with van der Waals surface area (Å²) in [5.74, 6) is -0.227. The fourth-order valence-corrected chi connectivity index (χ4v) is 2.55. The summed E-state index contributed by atoms with van der Waals surface area (Å²) in [4.78, 5) is 11.3. The van der Waals surface area contributed by atoms with Crippen LogP contribution >= 0.6 is 0 Å². The molecule has 3 nitrogen and oxygen atoms in total. The number of carbonyl (C=O) groups excluding carboxylic acids is 1. The normalized spacial score (nSPS) is 13.5. The Morgan fingerprint density at radius 2 is 1.88 bits per heavy atom. The summed E-state index contributed by atoms with van der Waals surface area (Å²) >= 11 is 0. The van der Waals surface area contributed by atoms with Crippen LogP contribution in [0, 0.1) is 0 Å². The van der Waals surface area contributed by atoms with Gasteiger partial charge in [0.25, 0.3) is 0 Å². The number of hydrogen-bond donors (Lipinski definition) is 0. The maximum atomic E-state index is 11.3. The van der Waals surface area contributed by atoms with Gasteiger partial charge in [0.05, 0.1) is 12.5 Å². The molecule has 3 heteroatoms. The maximum Gasteiger partial charge on any atom is 0.303 e. The van der Waals surface area contributed by atoms with Crippen LogP contribution < -0.4 is 0 Å². The van der Waals surface area contributed by atoms with Gasteiger partial charge in [0.1, 0.15) is 6.10 Å². The molecule has 0 spiro atoms. The first-order chi connectivity index (χ1) is 11.9. The van der Waals surface area contributed by atoms with Gasteiger partial charge in [-0.15, -0.1) is 0 Å². The number of allylic oxidation sites excluding steroid dienone is 4. The van der Waals surface area contributed by atoms with Gasteiger partial charge in [0.15, 0.2) is 0 Å². The highest BCUT2D eigenvalue weighted by Crippen LogP contribution is 2.16. The first kappa shape index (κ1) is 21.0. The number of rotatable bonds is 10. The van der Waals surface area contributed by atoms with Crippen molar-refractivity contribution in [1.29, 1.82) is 0 Å². The Labute approximate surface area is 152 Å². The highest BCUT2D eigenvalue weighted by Gasteiger charge is 2.12. The van der Waals surface area contributed by atoms with Crippen molar-refractivity contribution in [2.24, 2.45) is 0 Å². The first-order valence-corrected chi connectivity index (χ1v) is 9.02. The zero-order chi connectivity index (χ0) is 18.7. The highest BCUT2D eigenvalue weighted by molar-refractivity contribution is 5.66. The van der Waals surface area contributed by atoms with Crippen LogP contribution in [0.1, 0.15) is 65.9 Å². The molecule has 0 aliphatic heterocycles. The molecule has 0 fully saturated rings. The predicted octanol–water partition coefficient (Wildman–Crippen LogP) is 6.17. The molecule has 1 heterocycles. The van der Waals surface area contributed by atoms with E-state index in [9.17, 15) is 4.79 Å². The molecule has 0 bridgehead atoms. The van der Waals surface area contributed by atoms with E-state index in [1.165, 1.54) is 23.6 Å². The Morgan fingerprint density at radius 1 is 1.12 bits per heavy atom. The van der Waals surface area contributed by atoms with Crippen molar-refractivity contribution in [3.05, 3.63) is 59.1 Å². The minimum Gasteiger partial charge on any atom is -0.472 e. The lowest BCUT2D eigenvalue weighted by Gasteiger charge is -2.16. The average Bonchev–Trinajstić information content (AvgIpc) is 3.04. The Hall–Kier alpha value is -2.03. The lowest BCUT2D eigenvalue weighted by atomic mass is 10.0. The van der Waals surface area contributed by atoms with Crippen molar-refractivity contribution < 1.29 is 13.9 Å². The number of hydrogen-bond acceptors (Lipinski definition) is 3. The summed E-state index contributed by atoms with van der Waals surface area (Å²) in [5, 5.41) is 0. The average molecular weight is 344 g/mol. The monoisotopic (exact) mass is 344 g/mol. The van der Waals surface area contributed by atoms with Gasteiger partial charge in [-0.1, -0.05) is 29.4 Å². The Kier molecular flexibility index (Phi) is 9.68. The number of esters is 1. The number of aryl methyl sites for hydroxylation is 1. The molecule has 138 valence electrons. The van der Waals surface area contributed by atoms with Crippen LogP contribution in [0.2, 0.25) is 0 Å². The molecule has 0 amide bonds. The van der Waals surface area contributed by atoms with E-state index in [0.29, 0.717) is 0 Å². The molecular weight excluding hydrogens is 312 g/mol. The second-order valence-electron chi connectivity index (χ2n) is 6.82. The van der Waals surface area contributed by atoms with Crippen molar-refractivity contribution >= 4 is 5.97 Å². The maximum absolute atomic E-state index is 11.3. The number of carbonyl (C=O) groups is 1. The summed E-state index contributed by atoms with van der Waals surface area (Å²) in [6.45, 7) is 9.80. The molecule has 0 unspecified atom stereocenters. The molecule has 0 aliphatic carbocycles. The summed E-state index contributed by atoms with van der Waals surface area (Å²) in [6, 6.07) is 2.01. The Bertz CT molecular complexity index is 599. The van der Waals surface area contributed by atoms with E-state index in [1.807, 2.05) is 13.0 Å². The molecule has 0 saturated carbocycles. The minimum absolute atomic E-state index is 0.155. The van der Waals surface area contributed by atoms with Crippen molar-refractivity contribution in [2.45, 2.75) is 72.8 Å². The molecule has 0 saturated heterocycles. The van der Waals surface area contributed by atoms with Gasteiger partial charge < -0.3 is 9.15 Å². The second kappa shape index (κ2) is 11.5. The first-order valence-electron chi connectivity index (χ1n) is 9.02. The summed E-state index contributed by atoms with van der Waals surface area (Å²) in [7, 11) is 0. The molecule has 0 radical (unpaired) electrons. The lowest BCUT2D eigenvalue weighted by molar-refractivity contribution is -0.144. The molecule has 1 rings (SSSR count). The van der Waals surface area contributed by atoms with Crippen molar-refractivity contribution in [2.75, 3.05) is 0 Å². The van der Waals surface area contributed by atoms with Crippen LogP contribution in [0.5, 0.6) is 0 Å². The SMILES string of the molecule is CC(=O)O[C@@H](CC=C(C)C)/C(C)=C/CC/C(C)=C/CCc1ccoc1. The molecule has 0 aromatic carbocycles. The molecule has 1 atom stereocenters. The third kappa shape index (κ3) is 9.75. The minimum atomic E-state index is -0.227. The van der Waals surface area contributed by atoms with Crippen LogP contribution in [0.15, 0.2) is 58.0 Å². The van der Waals surface area contributed by atoms with Gasteiger partial charge in [-0.05, 0) is 70.6 Å². The second-order valence-corrected chi connectivity index (χ2v) is 6.82. The summed E-state index contributed by atoms with van der Waals surface area (Å²) < 4.78 is 10.5. The van der Waals surface area contributed by atoms with Gasteiger partial charge >= 0.3 is 5.97 Å². The molecule has 1 aromatic rings. The summed E-state index contributed by atoms with van der Waals surface area (Å²) in [6.07, 6.45) is 14.7. The van der Waals surface area contributed by atoms with Gasteiger partial charge in [-0.2, -0.15) is 0 Å². The smallest absolute Gasteiger partial charge is 0.303 e. The van der Waals surface area contributed by atoms with E-state index >= 15 is 0 Å². The highest BCUT2D eigenvalue weighted by atomic mass is 16.5. The van der Waals surface area contributed by atoms with Crippen LogP contribution in [-0.4, -0.2) is 12.1 Å². The molecular formula is C22H32O3. The topological polar surface area (TPSA) is 39.4 Å². The quantitative estimate of drug-likeness (QED) is 0.376. The Balaban J connectivity index is 2.46. The van der Waals surface area contributed by atoms with E-state index in [1.54, 1.807) is 12.5 Å².